The molecule has 0 bridgehead atoms. The van der Waals surface area contributed by atoms with Crippen LogP contribution in [0.2, 0.25) is 0 Å². The van der Waals surface area contributed by atoms with Crippen molar-refractivity contribution in [2.45, 2.75) is 37.8 Å². The number of hydrogen-bond donors (Lipinski definition) is 2. The van der Waals surface area contributed by atoms with Gasteiger partial charge in [-0.2, -0.15) is 5.10 Å². The minimum atomic E-state index is -0.934. The minimum absolute atomic E-state index is 0.181. The Hall–Kier alpha value is -1.99. The lowest BCUT2D eigenvalue weighted by molar-refractivity contribution is 0.0697. The van der Waals surface area contributed by atoms with Crippen molar-refractivity contribution in [1.82, 2.24) is 9.78 Å². The van der Waals surface area contributed by atoms with E-state index < -0.39 is 5.97 Å². The van der Waals surface area contributed by atoms with Gasteiger partial charge in [-0.1, -0.05) is 23.5 Å². The maximum Gasteiger partial charge on any atom is 0.335 e. The summed E-state index contributed by atoms with van der Waals surface area (Å²) in [7, 11) is 1.86. The van der Waals surface area contributed by atoms with Crippen LogP contribution in [0.25, 0.3) is 10.6 Å². The van der Waals surface area contributed by atoms with E-state index in [4.69, 9.17) is 10.1 Å². The zero-order valence-corrected chi connectivity index (χ0v) is 13.7. The van der Waals surface area contributed by atoms with Crippen LogP contribution < -0.4 is 4.80 Å². The first-order valence-electron chi connectivity index (χ1n) is 7.62. The summed E-state index contributed by atoms with van der Waals surface area (Å²) in [4.78, 5) is 16.5. The van der Waals surface area contributed by atoms with E-state index in [0.29, 0.717) is 0 Å². The third-order valence-corrected chi connectivity index (χ3v) is 5.11. The summed E-state index contributed by atoms with van der Waals surface area (Å²) in [6.07, 6.45) is 3.24. The molecule has 0 unspecified atom stereocenters. The first-order valence-corrected chi connectivity index (χ1v) is 8.44. The fourth-order valence-electron chi connectivity index (χ4n) is 2.68. The first kappa shape index (κ1) is 15.9. The second-order valence-electron chi connectivity index (χ2n) is 5.79. The highest BCUT2D eigenvalue weighted by atomic mass is 32.1. The smallest absolute Gasteiger partial charge is 0.335 e. The van der Waals surface area contributed by atoms with E-state index in [0.717, 1.165) is 41.1 Å². The number of rotatable bonds is 3. The molecule has 0 saturated heterocycles. The molecule has 1 heterocycles. The molecule has 0 radical (unpaired) electrons. The molecule has 1 aromatic heterocycles. The third-order valence-electron chi connectivity index (χ3n) is 4.04. The molecule has 6 nitrogen and oxygen atoms in total. The Morgan fingerprint density at radius 2 is 1.91 bits per heavy atom. The second-order valence-corrected chi connectivity index (χ2v) is 6.74. The zero-order chi connectivity index (χ0) is 16.4. The van der Waals surface area contributed by atoms with Crippen LogP contribution in [0.15, 0.2) is 29.3 Å². The van der Waals surface area contributed by atoms with E-state index in [-0.39, 0.29) is 17.7 Å². The SMILES string of the molecule is Cn1nc(-c2ccc(C(=O)O)cc2)sc1=NC1CCC(O)CC1. The fraction of sp³-hybridized carbons (Fsp3) is 0.438. The average molecular weight is 333 g/mol. The van der Waals surface area contributed by atoms with Gasteiger partial charge in [-0.3, -0.25) is 4.99 Å². The van der Waals surface area contributed by atoms with Crippen LogP contribution in [-0.2, 0) is 7.05 Å². The molecule has 1 fully saturated rings. The molecule has 3 rings (SSSR count). The zero-order valence-electron chi connectivity index (χ0n) is 12.8. The van der Waals surface area contributed by atoms with Gasteiger partial charge in [-0.15, -0.1) is 0 Å². The molecule has 2 aromatic rings. The quantitative estimate of drug-likeness (QED) is 0.900. The molecule has 0 amide bonds. The Kier molecular flexibility index (Phi) is 4.58. The van der Waals surface area contributed by atoms with Gasteiger partial charge in [0.25, 0.3) is 0 Å². The van der Waals surface area contributed by atoms with Crippen molar-refractivity contribution in [1.29, 1.82) is 0 Å². The van der Waals surface area contributed by atoms with E-state index in [2.05, 4.69) is 5.10 Å². The van der Waals surface area contributed by atoms with E-state index in [9.17, 15) is 9.90 Å². The highest BCUT2D eigenvalue weighted by Gasteiger charge is 2.19. The van der Waals surface area contributed by atoms with Gasteiger partial charge in [-0.25, -0.2) is 9.48 Å². The number of aromatic nitrogens is 2. The number of aliphatic hydroxyl groups is 1. The van der Waals surface area contributed by atoms with Gasteiger partial charge in [-0.05, 0) is 37.8 Å². The number of aryl methyl sites for hydroxylation is 1. The Bertz CT molecular complexity index is 756. The monoisotopic (exact) mass is 333 g/mol. The van der Waals surface area contributed by atoms with E-state index in [1.807, 2.05) is 7.05 Å². The van der Waals surface area contributed by atoms with E-state index >= 15 is 0 Å². The summed E-state index contributed by atoms with van der Waals surface area (Å²) in [5, 5.41) is 23.8. The number of benzene rings is 1. The average Bonchev–Trinajstić information content (AvgIpc) is 2.91. The van der Waals surface area contributed by atoms with Crippen molar-refractivity contribution in [3.63, 3.8) is 0 Å². The first-order chi connectivity index (χ1) is 11.0. The number of aromatic carboxylic acids is 1. The van der Waals surface area contributed by atoms with Crippen LogP contribution in [0, 0.1) is 0 Å². The van der Waals surface area contributed by atoms with E-state index in [1.54, 1.807) is 28.9 Å². The van der Waals surface area contributed by atoms with Crippen molar-refractivity contribution >= 4 is 17.3 Å². The summed E-state index contributed by atoms with van der Waals surface area (Å²) in [5.74, 6) is -0.934. The molecular formula is C16H19N3O3S. The van der Waals surface area contributed by atoms with Crippen molar-refractivity contribution < 1.29 is 15.0 Å². The highest BCUT2D eigenvalue weighted by molar-refractivity contribution is 7.12. The van der Waals surface area contributed by atoms with Gasteiger partial charge in [0.1, 0.15) is 5.01 Å². The van der Waals surface area contributed by atoms with Gasteiger partial charge >= 0.3 is 5.97 Å². The Morgan fingerprint density at radius 3 is 2.52 bits per heavy atom. The maximum atomic E-state index is 10.9. The summed E-state index contributed by atoms with van der Waals surface area (Å²) < 4.78 is 1.76. The van der Waals surface area contributed by atoms with Crippen molar-refractivity contribution in [2.24, 2.45) is 12.0 Å². The maximum absolute atomic E-state index is 10.9. The van der Waals surface area contributed by atoms with Gasteiger partial charge in [0.15, 0.2) is 0 Å². The number of nitrogens with zero attached hydrogens (tertiary/aromatic N) is 3. The van der Waals surface area contributed by atoms with Crippen LogP contribution in [0.5, 0.6) is 0 Å². The molecule has 122 valence electrons. The summed E-state index contributed by atoms with van der Waals surface area (Å²) in [6, 6.07) is 6.94. The fourth-order valence-corrected chi connectivity index (χ4v) is 3.64. The second kappa shape index (κ2) is 6.64. The number of carboxylic acid groups (broad SMARTS) is 1. The topological polar surface area (TPSA) is 87.7 Å². The van der Waals surface area contributed by atoms with Gasteiger partial charge < -0.3 is 10.2 Å². The molecule has 23 heavy (non-hydrogen) atoms. The van der Waals surface area contributed by atoms with Gasteiger partial charge in [0.2, 0.25) is 4.80 Å². The largest absolute Gasteiger partial charge is 0.478 e. The van der Waals surface area contributed by atoms with Crippen molar-refractivity contribution in [3.05, 3.63) is 34.6 Å². The highest BCUT2D eigenvalue weighted by Crippen LogP contribution is 2.22. The molecule has 1 aliphatic carbocycles. The number of carboxylic acids is 1. The summed E-state index contributed by atoms with van der Waals surface area (Å²) in [5.41, 5.74) is 1.15. The Labute approximate surface area is 137 Å². The molecule has 0 spiro atoms. The standard InChI is InChI=1S/C16H19N3O3S/c1-19-16(17-12-6-8-13(20)9-7-12)23-14(18-19)10-2-4-11(5-3-10)15(21)22/h2-5,12-13,20H,6-9H2,1H3,(H,21,22). The molecule has 0 atom stereocenters. The van der Waals surface area contributed by atoms with Crippen LogP contribution in [0.4, 0.5) is 0 Å². The summed E-state index contributed by atoms with van der Waals surface area (Å²) in [6.45, 7) is 0. The van der Waals surface area contributed by atoms with E-state index in [1.165, 1.54) is 11.3 Å². The van der Waals surface area contributed by atoms with Gasteiger partial charge in [0, 0.05) is 12.6 Å². The number of carbonyl (C=O) groups is 1. The van der Waals surface area contributed by atoms with Crippen LogP contribution in [0.1, 0.15) is 36.0 Å². The lowest BCUT2D eigenvalue weighted by Crippen LogP contribution is -2.24. The molecule has 1 saturated carbocycles. The van der Waals surface area contributed by atoms with Crippen LogP contribution >= 0.6 is 11.3 Å². The van der Waals surface area contributed by atoms with Gasteiger partial charge in [0.05, 0.1) is 17.7 Å². The molecule has 0 aliphatic heterocycles. The number of hydrogen-bond acceptors (Lipinski definition) is 5. The predicted octanol–water partition coefficient (Wildman–Crippen LogP) is 2.05. The van der Waals surface area contributed by atoms with Crippen LogP contribution in [0.3, 0.4) is 0 Å². The van der Waals surface area contributed by atoms with Crippen molar-refractivity contribution in [3.8, 4) is 10.6 Å². The minimum Gasteiger partial charge on any atom is -0.478 e. The molecule has 1 aromatic carbocycles. The lowest BCUT2D eigenvalue weighted by Gasteiger charge is -2.21. The van der Waals surface area contributed by atoms with Crippen molar-refractivity contribution in [2.75, 3.05) is 0 Å². The Balaban J connectivity index is 1.84. The molecule has 2 N–H and O–H groups in total. The predicted molar refractivity (Wildman–Crippen MR) is 87.3 cm³/mol. The molecule has 7 heteroatoms. The third kappa shape index (κ3) is 3.68. The Morgan fingerprint density at radius 1 is 1.26 bits per heavy atom. The number of aliphatic hydroxyl groups excluding tert-OH is 1. The molecule has 1 aliphatic rings. The molecular weight excluding hydrogens is 314 g/mol. The lowest BCUT2D eigenvalue weighted by atomic mass is 9.94. The summed E-state index contributed by atoms with van der Waals surface area (Å²) >= 11 is 1.50. The van der Waals surface area contributed by atoms with Crippen LogP contribution in [-0.4, -0.2) is 38.1 Å². The normalized spacial score (nSPS) is 22.3.